The minimum atomic E-state index is -0.132. The lowest BCUT2D eigenvalue weighted by Crippen LogP contribution is -2.48. The number of nitrogens with zero attached hydrogens (tertiary/aromatic N) is 3. The summed E-state index contributed by atoms with van der Waals surface area (Å²) in [5.74, 6) is 1.30. The number of rotatable bonds is 4. The second-order valence-corrected chi connectivity index (χ2v) is 5.21. The summed E-state index contributed by atoms with van der Waals surface area (Å²) >= 11 is 0. The van der Waals surface area contributed by atoms with Crippen LogP contribution in [0, 0.1) is 5.92 Å². The molecule has 2 saturated heterocycles. The average Bonchev–Trinajstić information content (AvgIpc) is 2.91. The highest BCUT2D eigenvalue weighted by atomic mass is 16.1. The first-order chi connectivity index (χ1) is 9.33. The Balaban J connectivity index is 1.56. The van der Waals surface area contributed by atoms with E-state index in [-0.39, 0.29) is 5.91 Å². The van der Waals surface area contributed by atoms with Crippen LogP contribution in [0.5, 0.6) is 0 Å². The Morgan fingerprint density at radius 3 is 2.68 bits per heavy atom. The SMILES string of the molecule is O=C(NCC1CNC1)c1ccc(N2CCCC2)nn1. The lowest BCUT2D eigenvalue weighted by Gasteiger charge is -2.26. The van der Waals surface area contributed by atoms with E-state index in [4.69, 9.17) is 0 Å². The van der Waals surface area contributed by atoms with Crippen LogP contribution in [0.3, 0.4) is 0 Å². The standard InChI is InChI=1S/C13H19N5O/c19-13(15-9-10-7-14-8-10)11-3-4-12(17-16-11)18-5-1-2-6-18/h3-4,10,14H,1-2,5-9H2,(H,15,19). The second kappa shape index (κ2) is 5.52. The van der Waals surface area contributed by atoms with Gasteiger partial charge in [0.25, 0.3) is 5.91 Å². The van der Waals surface area contributed by atoms with E-state index in [2.05, 4.69) is 25.7 Å². The van der Waals surface area contributed by atoms with Gasteiger partial charge in [0.15, 0.2) is 11.5 Å². The van der Waals surface area contributed by atoms with Crippen molar-refractivity contribution < 1.29 is 4.79 Å². The van der Waals surface area contributed by atoms with Gasteiger partial charge in [0.05, 0.1) is 0 Å². The van der Waals surface area contributed by atoms with Crippen LogP contribution in [0.1, 0.15) is 23.3 Å². The van der Waals surface area contributed by atoms with Crippen molar-refractivity contribution in [3.05, 3.63) is 17.8 Å². The molecular formula is C13H19N5O. The van der Waals surface area contributed by atoms with Gasteiger partial charge < -0.3 is 15.5 Å². The number of carbonyl (C=O) groups is 1. The van der Waals surface area contributed by atoms with E-state index in [1.54, 1.807) is 6.07 Å². The van der Waals surface area contributed by atoms with E-state index in [1.807, 2.05) is 6.07 Å². The Morgan fingerprint density at radius 2 is 2.11 bits per heavy atom. The largest absolute Gasteiger partial charge is 0.355 e. The highest BCUT2D eigenvalue weighted by Gasteiger charge is 2.19. The van der Waals surface area contributed by atoms with E-state index in [0.717, 1.165) is 32.0 Å². The maximum absolute atomic E-state index is 11.9. The average molecular weight is 261 g/mol. The minimum absolute atomic E-state index is 0.132. The van der Waals surface area contributed by atoms with Gasteiger partial charge in [-0.15, -0.1) is 10.2 Å². The molecule has 6 nitrogen and oxygen atoms in total. The van der Waals surface area contributed by atoms with Gasteiger partial charge in [-0.05, 0) is 25.0 Å². The molecule has 2 aliphatic heterocycles. The predicted octanol–water partition coefficient (Wildman–Crippen LogP) is 0.0260. The van der Waals surface area contributed by atoms with Crippen molar-refractivity contribution in [2.45, 2.75) is 12.8 Å². The summed E-state index contributed by atoms with van der Waals surface area (Å²) in [5, 5.41) is 14.2. The van der Waals surface area contributed by atoms with Crippen molar-refractivity contribution in [3.8, 4) is 0 Å². The number of hydrogen-bond donors (Lipinski definition) is 2. The zero-order valence-electron chi connectivity index (χ0n) is 10.9. The highest BCUT2D eigenvalue weighted by Crippen LogP contribution is 2.16. The van der Waals surface area contributed by atoms with Crippen molar-refractivity contribution in [2.75, 3.05) is 37.6 Å². The fourth-order valence-corrected chi connectivity index (χ4v) is 2.38. The van der Waals surface area contributed by atoms with E-state index in [0.29, 0.717) is 18.2 Å². The molecule has 2 aliphatic rings. The van der Waals surface area contributed by atoms with Crippen LogP contribution in [-0.2, 0) is 0 Å². The monoisotopic (exact) mass is 261 g/mol. The van der Waals surface area contributed by atoms with Crippen molar-refractivity contribution in [1.82, 2.24) is 20.8 Å². The van der Waals surface area contributed by atoms with Crippen LogP contribution >= 0.6 is 0 Å². The van der Waals surface area contributed by atoms with Crippen molar-refractivity contribution in [3.63, 3.8) is 0 Å². The Labute approximate surface area is 112 Å². The summed E-state index contributed by atoms with van der Waals surface area (Å²) in [7, 11) is 0. The van der Waals surface area contributed by atoms with E-state index in [1.165, 1.54) is 12.8 Å². The van der Waals surface area contributed by atoms with E-state index < -0.39 is 0 Å². The number of carbonyl (C=O) groups excluding carboxylic acids is 1. The molecule has 0 unspecified atom stereocenters. The first kappa shape index (κ1) is 12.3. The van der Waals surface area contributed by atoms with E-state index in [9.17, 15) is 4.79 Å². The van der Waals surface area contributed by atoms with Crippen molar-refractivity contribution >= 4 is 11.7 Å². The Morgan fingerprint density at radius 1 is 1.32 bits per heavy atom. The molecule has 19 heavy (non-hydrogen) atoms. The van der Waals surface area contributed by atoms with Gasteiger partial charge in [0.2, 0.25) is 0 Å². The van der Waals surface area contributed by atoms with Crippen LogP contribution in [0.2, 0.25) is 0 Å². The van der Waals surface area contributed by atoms with Crippen molar-refractivity contribution in [1.29, 1.82) is 0 Å². The molecule has 0 atom stereocenters. The fraction of sp³-hybridized carbons (Fsp3) is 0.615. The van der Waals surface area contributed by atoms with Gasteiger partial charge in [-0.25, -0.2) is 0 Å². The molecule has 3 rings (SSSR count). The van der Waals surface area contributed by atoms with Gasteiger partial charge in [0, 0.05) is 38.6 Å². The zero-order valence-corrected chi connectivity index (χ0v) is 10.9. The Bertz CT molecular complexity index is 437. The molecule has 1 aromatic rings. The Kier molecular flexibility index (Phi) is 3.59. The summed E-state index contributed by atoms with van der Waals surface area (Å²) in [5.41, 5.74) is 0.398. The first-order valence-corrected chi connectivity index (χ1v) is 6.90. The highest BCUT2D eigenvalue weighted by molar-refractivity contribution is 5.92. The predicted molar refractivity (Wildman–Crippen MR) is 72.2 cm³/mol. The van der Waals surface area contributed by atoms with Crippen LogP contribution in [-0.4, -0.2) is 48.8 Å². The fourth-order valence-electron chi connectivity index (χ4n) is 2.38. The molecule has 0 radical (unpaired) electrons. The minimum Gasteiger partial charge on any atom is -0.355 e. The molecule has 0 saturated carbocycles. The quantitative estimate of drug-likeness (QED) is 0.800. The molecule has 2 fully saturated rings. The molecule has 2 N–H and O–H groups in total. The third-order valence-corrected chi connectivity index (χ3v) is 3.73. The van der Waals surface area contributed by atoms with Crippen LogP contribution in [0.15, 0.2) is 12.1 Å². The zero-order chi connectivity index (χ0) is 13.1. The van der Waals surface area contributed by atoms with Gasteiger partial charge in [-0.1, -0.05) is 0 Å². The normalized spacial score (nSPS) is 19.3. The Hall–Kier alpha value is -1.69. The third kappa shape index (κ3) is 2.84. The number of amides is 1. The second-order valence-electron chi connectivity index (χ2n) is 5.21. The molecule has 0 spiro atoms. The van der Waals surface area contributed by atoms with Gasteiger partial charge in [0.1, 0.15) is 0 Å². The summed E-state index contributed by atoms with van der Waals surface area (Å²) in [6, 6.07) is 3.65. The maximum Gasteiger partial charge on any atom is 0.271 e. The van der Waals surface area contributed by atoms with Gasteiger partial charge in [-0.3, -0.25) is 4.79 Å². The molecular weight excluding hydrogens is 242 g/mol. The summed E-state index contributed by atoms with van der Waals surface area (Å²) in [6.07, 6.45) is 2.42. The molecule has 0 aliphatic carbocycles. The maximum atomic E-state index is 11.9. The van der Waals surface area contributed by atoms with Crippen LogP contribution in [0.4, 0.5) is 5.82 Å². The van der Waals surface area contributed by atoms with Crippen LogP contribution in [0.25, 0.3) is 0 Å². The molecule has 1 amide bonds. The molecule has 3 heterocycles. The van der Waals surface area contributed by atoms with E-state index >= 15 is 0 Å². The lowest BCUT2D eigenvalue weighted by molar-refractivity contribution is 0.0936. The smallest absolute Gasteiger partial charge is 0.271 e. The number of hydrogen-bond acceptors (Lipinski definition) is 5. The topological polar surface area (TPSA) is 70.2 Å². The molecule has 6 heteroatoms. The van der Waals surface area contributed by atoms with Crippen molar-refractivity contribution in [2.24, 2.45) is 5.92 Å². The first-order valence-electron chi connectivity index (χ1n) is 6.90. The third-order valence-electron chi connectivity index (χ3n) is 3.73. The van der Waals surface area contributed by atoms with Gasteiger partial charge in [-0.2, -0.15) is 0 Å². The molecule has 0 bridgehead atoms. The molecule has 102 valence electrons. The number of anilines is 1. The molecule has 1 aromatic heterocycles. The number of aromatic nitrogens is 2. The van der Waals surface area contributed by atoms with Crippen LogP contribution < -0.4 is 15.5 Å². The summed E-state index contributed by atoms with van der Waals surface area (Å²) < 4.78 is 0. The lowest BCUT2D eigenvalue weighted by atomic mass is 10.0. The molecule has 0 aromatic carbocycles. The number of nitrogens with one attached hydrogen (secondary N) is 2. The summed E-state index contributed by atoms with van der Waals surface area (Å²) in [6.45, 7) is 4.75. The summed E-state index contributed by atoms with van der Waals surface area (Å²) in [4.78, 5) is 14.1. The van der Waals surface area contributed by atoms with Gasteiger partial charge >= 0.3 is 0 Å².